The van der Waals surface area contributed by atoms with Crippen molar-refractivity contribution >= 4 is 11.3 Å². The number of aromatic nitrogens is 2. The summed E-state index contributed by atoms with van der Waals surface area (Å²) < 4.78 is 18.7. The predicted molar refractivity (Wildman–Crippen MR) is 88.6 cm³/mol. The molecule has 0 aliphatic heterocycles. The van der Waals surface area contributed by atoms with E-state index < -0.39 is 0 Å². The molecule has 0 aliphatic carbocycles. The topological polar surface area (TPSA) is 51.0 Å². The first-order valence-corrected chi connectivity index (χ1v) is 8.20. The Kier molecular flexibility index (Phi) is 4.28. The van der Waals surface area contributed by atoms with Crippen molar-refractivity contribution in [3.05, 3.63) is 58.3 Å². The van der Waals surface area contributed by atoms with E-state index in [4.69, 9.17) is 4.42 Å². The van der Waals surface area contributed by atoms with Crippen molar-refractivity contribution < 1.29 is 8.81 Å². The minimum atomic E-state index is -0.268. The number of thiazole rings is 1. The Labute approximate surface area is 138 Å². The summed E-state index contributed by atoms with van der Waals surface area (Å²) in [6.07, 6.45) is 1.66. The zero-order valence-electron chi connectivity index (χ0n) is 13.3. The maximum Gasteiger partial charge on any atom is 0.208 e. The van der Waals surface area contributed by atoms with Crippen molar-refractivity contribution in [2.45, 2.75) is 32.9 Å². The lowest BCUT2D eigenvalue weighted by molar-refractivity contribution is 0.365. The Morgan fingerprint density at radius 1 is 1.26 bits per heavy atom. The second kappa shape index (κ2) is 6.22. The monoisotopic (exact) mass is 331 g/mol. The van der Waals surface area contributed by atoms with Gasteiger partial charge in [-0.15, -0.1) is 11.3 Å². The van der Waals surface area contributed by atoms with Crippen molar-refractivity contribution in [2.24, 2.45) is 0 Å². The molecule has 0 saturated heterocycles. The molecule has 120 valence electrons. The van der Waals surface area contributed by atoms with Gasteiger partial charge in [-0.1, -0.05) is 0 Å². The van der Waals surface area contributed by atoms with Crippen molar-refractivity contribution in [1.82, 2.24) is 15.3 Å². The molecule has 3 rings (SSSR count). The molecular weight excluding hydrogens is 313 g/mol. The van der Waals surface area contributed by atoms with E-state index in [0.29, 0.717) is 18.2 Å². The second-order valence-corrected chi connectivity index (χ2v) is 6.76. The third-order valence-corrected chi connectivity index (χ3v) is 4.80. The minimum Gasteiger partial charge on any atom is -0.439 e. The van der Waals surface area contributed by atoms with Crippen molar-refractivity contribution in [3.8, 4) is 11.3 Å². The fraction of sp³-hybridized carbons (Fsp3) is 0.294. The molecule has 1 aromatic carbocycles. The van der Waals surface area contributed by atoms with Crippen molar-refractivity contribution in [3.63, 3.8) is 0 Å². The van der Waals surface area contributed by atoms with Crippen LogP contribution in [-0.2, 0) is 12.1 Å². The maximum absolute atomic E-state index is 13.0. The van der Waals surface area contributed by atoms with Crippen LogP contribution >= 0.6 is 11.3 Å². The van der Waals surface area contributed by atoms with E-state index in [2.05, 4.69) is 29.1 Å². The zero-order chi connectivity index (χ0) is 16.4. The smallest absolute Gasteiger partial charge is 0.208 e. The quantitative estimate of drug-likeness (QED) is 0.758. The highest BCUT2D eigenvalue weighted by Gasteiger charge is 2.24. The Balaban J connectivity index is 1.68. The van der Waals surface area contributed by atoms with Crippen LogP contribution in [0.2, 0.25) is 0 Å². The van der Waals surface area contributed by atoms with Gasteiger partial charge in [0.15, 0.2) is 5.76 Å². The second-order valence-electron chi connectivity index (χ2n) is 5.90. The van der Waals surface area contributed by atoms with Gasteiger partial charge in [-0.05, 0) is 45.0 Å². The van der Waals surface area contributed by atoms with Crippen LogP contribution in [0, 0.1) is 12.7 Å². The van der Waals surface area contributed by atoms with E-state index in [1.807, 2.05) is 12.3 Å². The molecule has 0 saturated carbocycles. The number of rotatable bonds is 5. The van der Waals surface area contributed by atoms with Crippen LogP contribution in [-0.4, -0.2) is 9.97 Å². The highest BCUT2D eigenvalue weighted by atomic mass is 32.1. The summed E-state index contributed by atoms with van der Waals surface area (Å²) in [5.41, 5.74) is 1.57. The summed E-state index contributed by atoms with van der Waals surface area (Å²) in [4.78, 5) is 8.80. The molecule has 0 amide bonds. The summed E-state index contributed by atoms with van der Waals surface area (Å²) in [6, 6.07) is 6.16. The van der Waals surface area contributed by atoms with Gasteiger partial charge >= 0.3 is 0 Å². The number of aryl methyl sites for hydroxylation is 1. The average molecular weight is 331 g/mol. The molecular formula is C17H18FN3OS. The number of oxazole rings is 1. The van der Waals surface area contributed by atoms with Gasteiger partial charge in [0, 0.05) is 16.6 Å². The van der Waals surface area contributed by atoms with Gasteiger partial charge in [-0.25, -0.2) is 14.4 Å². The highest BCUT2D eigenvalue weighted by Crippen LogP contribution is 2.25. The maximum atomic E-state index is 13.0. The largest absolute Gasteiger partial charge is 0.439 e. The summed E-state index contributed by atoms with van der Waals surface area (Å²) in [5, 5.41) is 6.48. The van der Waals surface area contributed by atoms with Gasteiger partial charge < -0.3 is 4.42 Å². The van der Waals surface area contributed by atoms with Gasteiger partial charge in [0.05, 0.1) is 18.3 Å². The summed E-state index contributed by atoms with van der Waals surface area (Å²) in [7, 11) is 0. The Bertz CT molecular complexity index is 792. The van der Waals surface area contributed by atoms with E-state index >= 15 is 0 Å². The lowest BCUT2D eigenvalue weighted by atomic mass is 10.1. The van der Waals surface area contributed by atoms with Crippen LogP contribution in [0.15, 0.2) is 40.3 Å². The Hall–Kier alpha value is -2.05. The summed E-state index contributed by atoms with van der Waals surface area (Å²) in [5.74, 6) is 0.950. The SMILES string of the molecule is Cc1csc(C(C)(C)NCc2ncc(-c3ccc(F)cc3)o2)n1. The molecule has 0 aliphatic rings. The zero-order valence-corrected chi connectivity index (χ0v) is 14.1. The van der Waals surface area contributed by atoms with Crippen LogP contribution in [0.1, 0.15) is 30.4 Å². The summed E-state index contributed by atoms with van der Waals surface area (Å²) in [6.45, 7) is 6.64. The van der Waals surface area contributed by atoms with Gasteiger partial charge in [0.1, 0.15) is 10.8 Å². The number of hydrogen-bond acceptors (Lipinski definition) is 5. The Morgan fingerprint density at radius 3 is 2.65 bits per heavy atom. The molecule has 0 atom stereocenters. The van der Waals surface area contributed by atoms with Crippen LogP contribution in [0.4, 0.5) is 4.39 Å². The minimum absolute atomic E-state index is 0.260. The third-order valence-electron chi connectivity index (χ3n) is 3.52. The van der Waals surface area contributed by atoms with E-state index in [-0.39, 0.29) is 11.4 Å². The normalized spacial score (nSPS) is 11.8. The number of halogens is 1. The lowest BCUT2D eigenvalue weighted by Crippen LogP contribution is -2.36. The number of hydrogen-bond donors (Lipinski definition) is 1. The third kappa shape index (κ3) is 3.65. The molecule has 4 nitrogen and oxygen atoms in total. The number of benzene rings is 1. The number of nitrogens with one attached hydrogen (secondary N) is 1. The van der Waals surface area contributed by atoms with Crippen LogP contribution < -0.4 is 5.32 Å². The van der Waals surface area contributed by atoms with Crippen molar-refractivity contribution in [1.29, 1.82) is 0 Å². The number of nitrogens with zero attached hydrogens (tertiary/aromatic N) is 2. The van der Waals surface area contributed by atoms with Crippen molar-refractivity contribution in [2.75, 3.05) is 0 Å². The van der Waals surface area contributed by atoms with Gasteiger partial charge in [0.25, 0.3) is 0 Å². The first-order chi connectivity index (χ1) is 10.9. The van der Waals surface area contributed by atoms with E-state index in [1.54, 1.807) is 29.7 Å². The van der Waals surface area contributed by atoms with E-state index in [1.165, 1.54) is 12.1 Å². The molecule has 2 aromatic heterocycles. The molecule has 1 N–H and O–H groups in total. The predicted octanol–water partition coefficient (Wildman–Crippen LogP) is 4.27. The van der Waals surface area contributed by atoms with Crippen LogP contribution in [0.5, 0.6) is 0 Å². The first kappa shape index (κ1) is 15.8. The highest BCUT2D eigenvalue weighted by molar-refractivity contribution is 7.09. The van der Waals surface area contributed by atoms with Gasteiger partial charge in [0.2, 0.25) is 5.89 Å². The molecule has 0 unspecified atom stereocenters. The first-order valence-electron chi connectivity index (χ1n) is 7.32. The molecule has 6 heteroatoms. The van der Waals surface area contributed by atoms with Crippen LogP contribution in [0.3, 0.4) is 0 Å². The fourth-order valence-corrected chi connectivity index (χ4v) is 3.05. The molecule has 0 fully saturated rings. The summed E-state index contributed by atoms with van der Waals surface area (Å²) >= 11 is 1.63. The van der Waals surface area contributed by atoms with Gasteiger partial charge in [-0.3, -0.25) is 5.32 Å². The molecule has 0 radical (unpaired) electrons. The molecule has 0 bridgehead atoms. The molecule has 23 heavy (non-hydrogen) atoms. The van der Waals surface area contributed by atoms with Gasteiger partial charge in [-0.2, -0.15) is 0 Å². The average Bonchev–Trinajstić information content (AvgIpc) is 3.15. The van der Waals surface area contributed by atoms with Crippen LogP contribution in [0.25, 0.3) is 11.3 Å². The van der Waals surface area contributed by atoms with E-state index in [9.17, 15) is 4.39 Å². The Morgan fingerprint density at radius 2 is 2.00 bits per heavy atom. The standard InChI is InChI=1S/C17H18FN3OS/c1-11-10-23-16(21-11)17(2,3)20-9-15-19-8-14(22-15)12-4-6-13(18)7-5-12/h4-8,10,20H,9H2,1-3H3. The molecule has 3 aromatic rings. The molecule has 2 heterocycles. The molecule has 0 spiro atoms. The fourth-order valence-electron chi connectivity index (χ4n) is 2.15. The lowest BCUT2D eigenvalue weighted by Gasteiger charge is -2.22. The van der Waals surface area contributed by atoms with E-state index in [0.717, 1.165) is 16.3 Å².